The summed E-state index contributed by atoms with van der Waals surface area (Å²) in [4.78, 5) is 12.2. The molecule has 452 valence electrons. The average Bonchev–Trinajstić information content (AvgIpc) is 1.57. The van der Waals surface area contributed by atoms with Crippen molar-refractivity contribution in [3.05, 3.63) is 264 Å². The van der Waals surface area contributed by atoms with E-state index in [1.54, 1.807) is 45.3 Å². The van der Waals surface area contributed by atoms with Crippen LogP contribution in [0, 0.1) is 0 Å². The number of rotatable bonds is 8. The standard InChI is InChI=1S/2C36H23N3S2.4C2H6.CH4/c2*1-3-7-25(8-4-1)38(26-9-5-2-6-10-26)27-11-13-28(14-12-27)39-32-20-24-16-18-41-34(24)22-30(32)35-36(39)29-21-33-23(15-17-40-33)19-31(29)37-35;4*1-2;/h2*1-22,37H;4*1-2H3;1H4. The topological polar surface area (TPSA) is 47.9 Å². The third kappa shape index (κ3) is 11.1. The van der Waals surface area contributed by atoms with Crippen LogP contribution in [0.25, 0.3) is 117 Å². The van der Waals surface area contributed by atoms with Gasteiger partial charge >= 0.3 is 0 Å². The highest BCUT2D eigenvalue weighted by Gasteiger charge is 2.23. The second-order valence-corrected chi connectivity index (χ2v) is 24.6. The average molecular weight is 1260 g/mol. The summed E-state index contributed by atoms with van der Waals surface area (Å²) in [6.07, 6.45) is 0. The first kappa shape index (κ1) is 61.6. The number of thiophene rings is 4. The molecule has 18 aromatic rings. The predicted molar refractivity (Wildman–Crippen MR) is 408 cm³/mol. The number of aromatic nitrogens is 4. The third-order valence-corrected chi connectivity index (χ3v) is 19.6. The molecule has 0 amide bonds. The Hall–Kier alpha value is -9.68. The Morgan fingerprint density at radius 3 is 0.846 bits per heavy atom. The van der Waals surface area contributed by atoms with Gasteiger partial charge in [-0.05, 0) is 213 Å². The summed E-state index contributed by atoms with van der Waals surface area (Å²) >= 11 is 7.20. The van der Waals surface area contributed by atoms with Gasteiger partial charge < -0.3 is 28.9 Å². The maximum absolute atomic E-state index is 3.80. The summed E-state index contributed by atoms with van der Waals surface area (Å²) in [5.41, 5.74) is 18.8. The van der Waals surface area contributed by atoms with E-state index in [-0.39, 0.29) is 7.43 Å². The molecular formula is C81H74N6S4. The SMILES string of the molecule is C.CC.CC.CC.CC.c1ccc(N(c2ccccc2)c2ccc(-n3c4cc5ccsc5cc4c4[nH]c5cc6ccsc6cc5c43)cc2)cc1.c1ccc(N(c2ccccc2)c2ccc(-n3c4cc5ccsc5cc4c4[nH]c5cc6ccsc6cc5c43)cc2)cc1. The van der Waals surface area contributed by atoms with Gasteiger partial charge in [-0.15, -0.1) is 45.3 Å². The van der Waals surface area contributed by atoms with E-state index in [0.29, 0.717) is 0 Å². The molecule has 91 heavy (non-hydrogen) atoms. The van der Waals surface area contributed by atoms with E-state index in [1.165, 1.54) is 106 Å². The quantitative estimate of drug-likeness (QED) is 0.159. The second kappa shape index (κ2) is 27.2. The molecule has 8 heterocycles. The van der Waals surface area contributed by atoms with Crippen LogP contribution < -0.4 is 9.80 Å². The molecule has 6 nitrogen and oxygen atoms in total. The summed E-state index contributed by atoms with van der Waals surface area (Å²) in [7, 11) is 0. The zero-order valence-electron chi connectivity index (χ0n) is 51.8. The van der Waals surface area contributed by atoms with E-state index in [4.69, 9.17) is 0 Å². The lowest BCUT2D eigenvalue weighted by molar-refractivity contribution is 1.18. The van der Waals surface area contributed by atoms with Crippen molar-refractivity contribution in [2.24, 2.45) is 0 Å². The van der Waals surface area contributed by atoms with Crippen LogP contribution in [0.1, 0.15) is 62.8 Å². The third-order valence-electron chi connectivity index (χ3n) is 16.1. The Kier molecular flexibility index (Phi) is 18.4. The minimum absolute atomic E-state index is 0. The van der Waals surface area contributed by atoms with Crippen molar-refractivity contribution in [1.29, 1.82) is 0 Å². The largest absolute Gasteiger partial charge is 0.353 e. The Bertz CT molecular complexity index is 4950. The zero-order chi connectivity index (χ0) is 61.8. The highest BCUT2D eigenvalue weighted by molar-refractivity contribution is 7.18. The van der Waals surface area contributed by atoms with E-state index in [0.717, 1.165) is 45.5 Å². The predicted octanol–water partition coefficient (Wildman–Crippen LogP) is 27.1. The van der Waals surface area contributed by atoms with Gasteiger partial charge in [0.15, 0.2) is 0 Å². The molecule has 0 aliphatic carbocycles. The number of para-hydroxylation sites is 4. The maximum Gasteiger partial charge on any atom is 0.0798 e. The van der Waals surface area contributed by atoms with Gasteiger partial charge in [-0.25, -0.2) is 0 Å². The number of nitrogens with zero attached hydrogens (tertiary/aromatic N) is 4. The van der Waals surface area contributed by atoms with E-state index in [2.05, 4.69) is 293 Å². The molecule has 0 saturated carbocycles. The normalized spacial score (nSPS) is 11.0. The Morgan fingerprint density at radius 1 is 0.286 bits per heavy atom. The molecule has 8 aromatic heterocycles. The molecule has 0 fully saturated rings. The fraction of sp³-hybridized carbons (Fsp3) is 0.111. The Balaban J connectivity index is 0.000000157. The highest BCUT2D eigenvalue weighted by Crippen LogP contribution is 2.45. The molecule has 0 unspecified atom stereocenters. The highest BCUT2D eigenvalue weighted by atomic mass is 32.1. The van der Waals surface area contributed by atoms with Gasteiger partial charge in [0.05, 0.1) is 33.1 Å². The lowest BCUT2D eigenvalue weighted by Crippen LogP contribution is -2.09. The molecule has 10 aromatic carbocycles. The summed E-state index contributed by atoms with van der Waals surface area (Å²) in [5.74, 6) is 0. The summed E-state index contributed by atoms with van der Waals surface area (Å²) < 4.78 is 10.1. The monoisotopic (exact) mass is 1260 g/mol. The Labute approximate surface area is 548 Å². The molecule has 2 N–H and O–H groups in total. The van der Waals surface area contributed by atoms with Crippen molar-refractivity contribution in [3.8, 4) is 11.4 Å². The van der Waals surface area contributed by atoms with Crippen LogP contribution in [0.15, 0.2) is 264 Å². The fourth-order valence-corrected chi connectivity index (χ4v) is 15.6. The van der Waals surface area contributed by atoms with Gasteiger partial charge in [0.25, 0.3) is 0 Å². The molecule has 0 bridgehead atoms. The van der Waals surface area contributed by atoms with Gasteiger partial charge in [0.2, 0.25) is 0 Å². The van der Waals surface area contributed by atoms with Crippen LogP contribution in [0.3, 0.4) is 0 Å². The molecule has 10 heteroatoms. The number of anilines is 6. The van der Waals surface area contributed by atoms with Crippen LogP contribution >= 0.6 is 45.3 Å². The molecule has 0 spiro atoms. The van der Waals surface area contributed by atoms with Crippen LogP contribution in [0.4, 0.5) is 34.1 Å². The lowest BCUT2D eigenvalue weighted by atomic mass is 10.1. The number of aromatic amines is 2. The Morgan fingerprint density at radius 2 is 0.549 bits per heavy atom. The summed E-state index contributed by atoms with van der Waals surface area (Å²) in [5, 5.41) is 18.9. The van der Waals surface area contributed by atoms with Crippen molar-refractivity contribution < 1.29 is 0 Å². The van der Waals surface area contributed by atoms with E-state index >= 15 is 0 Å². The van der Waals surface area contributed by atoms with Crippen LogP contribution in [-0.2, 0) is 0 Å². The van der Waals surface area contributed by atoms with E-state index in [1.807, 2.05) is 55.4 Å². The first-order valence-electron chi connectivity index (χ1n) is 31.3. The van der Waals surface area contributed by atoms with E-state index < -0.39 is 0 Å². The zero-order valence-corrected chi connectivity index (χ0v) is 55.1. The second-order valence-electron chi connectivity index (χ2n) is 20.8. The number of nitrogens with one attached hydrogen (secondary N) is 2. The molecule has 0 atom stereocenters. The smallest absolute Gasteiger partial charge is 0.0798 e. The van der Waals surface area contributed by atoms with Gasteiger partial charge in [0.1, 0.15) is 0 Å². The van der Waals surface area contributed by atoms with Crippen molar-refractivity contribution in [1.82, 2.24) is 19.1 Å². The molecule has 0 saturated heterocycles. The van der Waals surface area contributed by atoms with Crippen LogP contribution in [-0.4, -0.2) is 19.1 Å². The number of hydrogen-bond donors (Lipinski definition) is 2. The van der Waals surface area contributed by atoms with Crippen molar-refractivity contribution in [2.45, 2.75) is 62.8 Å². The minimum Gasteiger partial charge on any atom is -0.353 e. The van der Waals surface area contributed by atoms with Crippen LogP contribution in [0.2, 0.25) is 0 Å². The van der Waals surface area contributed by atoms with Gasteiger partial charge in [0, 0.05) is 96.9 Å². The molecule has 0 aliphatic rings. The summed E-state index contributed by atoms with van der Waals surface area (Å²) in [6, 6.07) is 87.8. The van der Waals surface area contributed by atoms with Gasteiger partial charge in [-0.3, -0.25) is 0 Å². The number of hydrogen-bond acceptors (Lipinski definition) is 6. The minimum atomic E-state index is 0. The van der Waals surface area contributed by atoms with Crippen molar-refractivity contribution in [2.75, 3.05) is 9.80 Å². The molecule has 18 rings (SSSR count). The number of benzene rings is 10. The lowest BCUT2D eigenvalue weighted by Gasteiger charge is -2.25. The summed E-state index contributed by atoms with van der Waals surface area (Å²) in [6.45, 7) is 16.0. The van der Waals surface area contributed by atoms with Crippen LogP contribution in [0.5, 0.6) is 0 Å². The fourth-order valence-electron chi connectivity index (χ4n) is 12.4. The molecule has 0 radical (unpaired) electrons. The maximum atomic E-state index is 3.80. The van der Waals surface area contributed by atoms with Crippen molar-refractivity contribution in [3.63, 3.8) is 0 Å². The number of H-pyrrole nitrogens is 2. The van der Waals surface area contributed by atoms with E-state index in [9.17, 15) is 0 Å². The first-order valence-corrected chi connectivity index (χ1v) is 34.9. The van der Waals surface area contributed by atoms with Gasteiger partial charge in [-0.2, -0.15) is 0 Å². The van der Waals surface area contributed by atoms with Crippen molar-refractivity contribution >= 4 is 185 Å². The molecule has 0 aliphatic heterocycles. The van der Waals surface area contributed by atoms with Gasteiger partial charge in [-0.1, -0.05) is 136 Å². The first-order chi connectivity index (χ1) is 44.6. The molecular weight excluding hydrogens is 1190 g/mol. The number of fused-ring (bicyclic) bond motifs is 14.